The van der Waals surface area contributed by atoms with Gasteiger partial charge in [0.1, 0.15) is 13.2 Å². The SMILES string of the molecule is CC/C=C\C/C=C\C/C=C\C/C=C\C/C=C\C/C=C\CCCCCCCCCCCCCCCCCCCCCCC(=O)NC(COP(=O)([O-])OCC[N+](C)(C)C)C(O)/C=C/CC/C=C/CC/C=C/CCCCCCCCCCCCCCC. The van der Waals surface area contributed by atoms with Crippen molar-refractivity contribution < 1.29 is 32.9 Å². The Morgan fingerprint density at radius 1 is 0.429 bits per heavy atom. The normalized spacial score (nSPS) is 14.3. The van der Waals surface area contributed by atoms with Crippen LogP contribution in [0.4, 0.5) is 0 Å². The summed E-state index contributed by atoms with van der Waals surface area (Å²) >= 11 is 0. The number of hydrogen-bond acceptors (Lipinski definition) is 6. The summed E-state index contributed by atoms with van der Waals surface area (Å²) in [6.45, 7) is 4.53. The van der Waals surface area contributed by atoms with E-state index >= 15 is 0 Å². The summed E-state index contributed by atoms with van der Waals surface area (Å²) in [5.74, 6) is -0.209. The Hall–Kier alpha value is -2.84. The van der Waals surface area contributed by atoms with Crippen molar-refractivity contribution in [2.24, 2.45) is 0 Å². The van der Waals surface area contributed by atoms with Gasteiger partial charge in [-0.25, -0.2) is 0 Å². The van der Waals surface area contributed by atoms with Crippen molar-refractivity contribution in [3.8, 4) is 0 Å². The number of unbranched alkanes of at least 4 members (excludes halogenated alkanes) is 35. The van der Waals surface area contributed by atoms with Gasteiger partial charge in [-0.15, -0.1) is 0 Å². The highest BCUT2D eigenvalue weighted by Crippen LogP contribution is 2.38. The van der Waals surface area contributed by atoms with Crippen molar-refractivity contribution in [3.05, 3.63) is 109 Å². The zero-order valence-corrected chi connectivity index (χ0v) is 56.5. The number of carbonyl (C=O) groups is 1. The highest BCUT2D eigenvalue weighted by molar-refractivity contribution is 7.45. The van der Waals surface area contributed by atoms with E-state index in [9.17, 15) is 19.4 Å². The van der Waals surface area contributed by atoms with Crippen molar-refractivity contribution in [1.29, 1.82) is 0 Å². The minimum atomic E-state index is -4.62. The van der Waals surface area contributed by atoms with Crippen LogP contribution >= 0.6 is 7.82 Å². The molecule has 486 valence electrons. The number of carbonyl (C=O) groups excluding carboxylic acids is 1. The second-order valence-electron chi connectivity index (χ2n) is 24.8. The second kappa shape index (κ2) is 64.6. The van der Waals surface area contributed by atoms with Gasteiger partial charge in [-0.2, -0.15) is 0 Å². The Morgan fingerprint density at radius 2 is 0.738 bits per heavy atom. The third kappa shape index (κ3) is 66.7. The number of allylic oxidation sites excluding steroid dienone is 17. The van der Waals surface area contributed by atoms with Gasteiger partial charge in [0.2, 0.25) is 5.91 Å². The summed E-state index contributed by atoms with van der Waals surface area (Å²) < 4.78 is 23.4. The van der Waals surface area contributed by atoms with Crippen LogP contribution in [0.1, 0.15) is 309 Å². The zero-order valence-electron chi connectivity index (χ0n) is 55.6. The van der Waals surface area contributed by atoms with E-state index in [2.05, 4.69) is 116 Å². The average Bonchev–Trinajstić information content (AvgIpc) is 3.56. The average molecular weight is 1190 g/mol. The maximum atomic E-state index is 13.0. The van der Waals surface area contributed by atoms with Crippen molar-refractivity contribution in [3.63, 3.8) is 0 Å². The van der Waals surface area contributed by atoms with Crippen LogP contribution in [0, 0.1) is 0 Å². The number of nitrogens with zero attached hydrogens (tertiary/aromatic N) is 1. The first-order valence-corrected chi connectivity index (χ1v) is 36.7. The lowest BCUT2D eigenvalue weighted by atomic mass is 10.0. The molecule has 0 saturated heterocycles. The number of amides is 1. The van der Waals surface area contributed by atoms with Crippen molar-refractivity contribution in [2.45, 2.75) is 321 Å². The first-order valence-electron chi connectivity index (χ1n) is 35.2. The number of aliphatic hydroxyl groups is 1. The fraction of sp³-hybridized carbons (Fsp3) is 0.747. The van der Waals surface area contributed by atoms with Gasteiger partial charge in [0.05, 0.1) is 39.9 Å². The van der Waals surface area contributed by atoms with E-state index in [-0.39, 0.29) is 12.5 Å². The fourth-order valence-electron chi connectivity index (χ4n) is 10.0. The van der Waals surface area contributed by atoms with Crippen LogP contribution in [0.15, 0.2) is 109 Å². The van der Waals surface area contributed by atoms with E-state index in [1.807, 2.05) is 27.2 Å². The predicted molar refractivity (Wildman–Crippen MR) is 366 cm³/mol. The first kappa shape index (κ1) is 81.2. The molecule has 0 aliphatic rings. The van der Waals surface area contributed by atoms with E-state index in [0.717, 1.165) is 83.5 Å². The van der Waals surface area contributed by atoms with Crippen LogP contribution in [0.25, 0.3) is 0 Å². The van der Waals surface area contributed by atoms with Gasteiger partial charge in [0.15, 0.2) is 0 Å². The highest BCUT2D eigenvalue weighted by atomic mass is 31.2. The molecule has 0 fully saturated rings. The largest absolute Gasteiger partial charge is 0.756 e. The summed E-state index contributed by atoms with van der Waals surface area (Å²) in [5.41, 5.74) is 0. The first-order chi connectivity index (χ1) is 41.0. The van der Waals surface area contributed by atoms with Crippen LogP contribution in [-0.2, 0) is 18.4 Å². The molecule has 0 aliphatic carbocycles. The standard InChI is InChI=1S/C75H135N2O6P/c1-6-8-10-12-14-16-18-20-22-24-26-28-30-31-32-33-34-35-36-37-38-39-40-41-42-43-44-45-47-49-51-53-55-57-59-61-63-65-67-69-75(79)76-73(72-83-84(80,81)82-71-70-77(3,4)5)74(78)68-66-64-62-60-58-56-54-52-50-48-46-29-27-25-23-21-19-17-15-13-11-9-7-2/h8,10,14,16,20,22,26,28,31-32,34-35,50,52,58,60,66,68,73-74,78H,6-7,9,11-13,15,17-19,21,23-25,27,29-30,33,36-49,51,53-57,59,61-65,67,69-72H2,1-5H3,(H-,76,79,80,81)/b10-8-,16-14-,22-20-,28-26-,32-31-,35-34-,52-50+,60-58+,68-66+. The number of phosphoric acid groups is 1. The van der Waals surface area contributed by atoms with Crippen LogP contribution in [0.2, 0.25) is 0 Å². The molecule has 2 N–H and O–H groups in total. The molecule has 0 spiro atoms. The summed E-state index contributed by atoms with van der Waals surface area (Å²) in [6.07, 6.45) is 95.0. The van der Waals surface area contributed by atoms with E-state index in [4.69, 9.17) is 9.05 Å². The molecule has 0 saturated carbocycles. The molecule has 9 heteroatoms. The molecule has 3 unspecified atom stereocenters. The van der Waals surface area contributed by atoms with Crippen molar-refractivity contribution >= 4 is 13.7 Å². The molecule has 0 aliphatic heterocycles. The monoisotopic (exact) mass is 1190 g/mol. The molecule has 0 aromatic rings. The molecule has 0 heterocycles. The van der Waals surface area contributed by atoms with Gasteiger partial charge in [0.25, 0.3) is 7.82 Å². The van der Waals surface area contributed by atoms with E-state index < -0.39 is 26.6 Å². The Bertz CT molecular complexity index is 1740. The van der Waals surface area contributed by atoms with Gasteiger partial charge in [-0.1, -0.05) is 316 Å². The Balaban J connectivity index is 4.06. The number of aliphatic hydroxyl groups excluding tert-OH is 1. The third-order valence-electron chi connectivity index (χ3n) is 15.4. The summed E-state index contributed by atoms with van der Waals surface area (Å²) in [7, 11) is 1.24. The van der Waals surface area contributed by atoms with Crippen LogP contribution < -0.4 is 10.2 Å². The van der Waals surface area contributed by atoms with Crippen LogP contribution in [0.3, 0.4) is 0 Å². The van der Waals surface area contributed by atoms with E-state index in [0.29, 0.717) is 17.4 Å². The molecule has 3 atom stereocenters. The summed E-state index contributed by atoms with van der Waals surface area (Å²) in [6, 6.07) is -0.915. The molecule has 0 bridgehead atoms. The second-order valence-corrected chi connectivity index (χ2v) is 26.2. The van der Waals surface area contributed by atoms with E-state index in [1.165, 1.54) is 205 Å². The molecular weight excluding hydrogens is 1060 g/mol. The fourth-order valence-corrected chi connectivity index (χ4v) is 10.7. The maximum absolute atomic E-state index is 13.0. The van der Waals surface area contributed by atoms with Gasteiger partial charge in [-0.3, -0.25) is 9.36 Å². The van der Waals surface area contributed by atoms with Gasteiger partial charge < -0.3 is 28.8 Å². The Kier molecular flexibility index (Phi) is 62.4. The quantitative estimate of drug-likeness (QED) is 0.0272. The number of nitrogens with one attached hydrogen (secondary N) is 1. The van der Waals surface area contributed by atoms with Gasteiger partial charge in [-0.05, 0) is 96.3 Å². The zero-order chi connectivity index (χ0) is 61.2. The summed E-state index contributed by atoms with van der Waals surface area (Å²) in [4.78, 5) is 25.6. The number of rotatable bonds is 64. The topological polar surface area (TPSA) is 108 Å². The smallest absolute Gasteiger partial charge is 0.268 e. The Morgan fingerprint density at radius 3 is 1.11 bits per heavy atom. The molecule has 0 aromatic heterocycles. The van der Waals surface area contributed by atoms with Gasteiger partial charge >= 0.3 is 0 Å². The van der Waals surface area contributed by atoms with Crippen LogP contribution in [-0.4, -0.2) is 68.5 Å². The minimum Gasteiger partial charge on any atom is -0.756 e. The third-order valence-corrected chi connectivity index (χ3v) is 16.4. The highest BCUT2D eigenvalue weighted by Gasteiger charge is 2.23. The predicted octanol–water partition coefficient (Wildman–Crippen LogP) is 22.0. The minimum absolute atomic E-state index is 0.0112. The molecule has 1 amide bonds. The number of quaternary nitrogens is 1. The van der Waals surface area contributed by atoms with Gasteiger partial charge in [0, 0.05) is 6.42 Å². The molecule has 0 rings (SSSR count). The lowest BCUT2D eigenvalue weighted by Crippen LogP contribution is -2.45. The Labute approximate surface area is 521 Å². The molecule has 84 heavy (non-hydrogen) atoms. The number of hydrogen-bond donors (Lipinski definition) is 2. The lowest BCUT2D eigenvalue weighted by Gasteiger charge is -2.29. The van der Waals surface area contributed by atoms with E-state index in [1.54, 1.807) is 6.08 Å². The number of likely N-dealkylation sites (N-methyl/N-ethyl adjacent to an activating group) is 1. The summed E-state index contributed by atoms with van der Waals surface area (Å²) in [5, 5.41) is 13.9. The van der Waals surface area contributed by atoms with Crippen LogP contribution in [0.5, 0.6) is 0 Å². The molecule has 0 aromatic carbocycles. The molecular formula is C75H135N2O6P. The van der Waals surface area contributed by atoms with Crippen molar-refractivity contribution in [2.75, 3.05) is 40.9 Å². The lowest BCUT2D eigenvalue weighted by molar-refractivity contribution is -0.870. The molecule has 0 radical (unpaired) electrons. The maximum Gasteiger partial charge on any atom is 0.268 e. The number of phosphoric ester groups is 1. The van der Waals surface area contributed by atoms with Crippen molar-refractivity contribution in [1.82, 2.24) is 5.32 Å². The molecule has 8 nitrogen and oxygen atoms in total.